The standard InChI is InChI=1S/C34H37F3N4O9S2/c1-17-25-28(42)41(33(2,3)30(43)39-52(45,46)34(4)9-10-34)32(44)40(29(25)51-26(17)27-38-11-12-47-27)16-24(49-21-14-19-6-7-20(15-21)48-19)22-13-18(35)5-8-23(22)50-31(36)37/h5,8,11-13,19-21,24,31H,6-7,9-10,14-16H2,1-4H3,(H,39,43)/t19-,20+,21-,24-/m0/s1. The van der Waals surface area contributed by atoms with Gasteiger partial charge in [-0.1, -0.05) is 0 Å². The highest BCUT2D eigenvalue weighted by Gasteiger charge is 2.52. The Labute approximate surface area is 299 Å². The number of oxazole rings is 1. The molecule has 7 rings (SSSR count). The molecule has 3 aliphatic rings. The lowest BCUT2D eigenvalue weighted by atomic mass is 10.0. The van der Waals surface area contributed by atoms with Crippen LogP contribution in [0.15, 0.2) is 44.7 Å². The summed E-state index contributed by atoms with van der Waals surface area (Å²) in [6.45, 7) is 1.87. The number of ether oxygens (including phenoxy) is 3. The van der Waals surface area contributed by atoms with Crippen molar-refractivity contribution >= 4 is 37.5 Å². The molecule has 2 saturated heterocycles. The summed E-state index contributed by atoms with van der Waals surface area (Å²) in [4.78, 5) is 47.5. The molecule has 0 radical (unpaired) electrons. The first-order valence-corrected chi connectivity index (χ1v) is 19.1. The number of aryl methyl sites for hydroxylation is 1. The molecule has 3 fully saturated rings. The largest absolute Gasteiger partial charge is 0.444 e. The second kappa shape index (κ2) is 13.1. The van der Waals surface area contributed by atoms with Gasteiger partial charge in [0.2, 0.25) is 15.9 Å². The molecule has 4 atom stereocenters. The van der Waals surface area contributed by atoms with Gasteiger partial charge < -0.3 is 18.6 Å². The minimum Gasteiger partial charge on any atom is -0.444 e. The van der Waals surface area contributed by atoms with Gasteiger partial charge in [-0.2, -0.15) is 8.78 Å². The zero-order chi connectivity index (χ0) is 37.3. The molecule has 1 N–H and O–H groups in total. The van der Waals surface area contributed by atoms with Crippen molar-refractivity contribution in [2.45, 2.75) is 114 Å². The van der Waals surface area contributed by atoms with Crippen LogP contribution in [-0.4, -0.2) is 58.1 Å². The Morgan fingerprint density at radius 1 is 1.19 bits per heavy atom. The number of aromatic nitrogens is 3. The van der Waals surface area contributed by atoms with E-state index in [0.29, 0.717) is 40.7 Å². The fourth-order valence-electron chi connectivity index (χ4n) is 6.96. The highest BCUT2D eigenvalue weighted by Crippen LogP contribution is 2.43. The number of rotatable bonds is 12. The fourth-order valence-corrected chi connectivity index (χ4v) is 9.59. The molecule has 0 spiro atoms. The van der Waals surface area contributed by atoms with Crippen LogP contribution in [0.5, 0.6) is 5.75 Å². The van der Waals surface area contributed by atoms with Gasteiger partial charge in [-0.05, 0) is 90.0 Å². The van der Waals surface area contributed by atoms with Crippen LogP contribution in [0, 0.1) is 12.7 Å². The quantitative estimate of drug-likeness (QED) is 0.205. The van der Waals surface area contributed by atoms with Crippen LogP contribution in [0.3, 0.4) is 0 Å². The smallest absolute Gasteiger partial charge is 0.387 e. The number of carbonyl (C=O) groups is 1. The van der Waals surface area contributed by atoms with Gasteiger partial charge in [0.25, 0.3) is 11.5 Å². The van der Waals surface area contributed by atoms with Crippen molar-refractivity contribution < 1.29 is 45.0 Å². The van der Waals surface area contributed by atoms with Gasteiger partial charge in [0, 0.05) is 5.56 Å². The third kappa shape index (κ3) is 6.47. The van der Waals surface area contributed by atoms with Gasteiger partial charge in [0.05, 0.1) is 46.1 Å². The number of sulfonamides is 1. The number of benzene rings is 1. The lowest BCUT2D eigenvalue weighted by Crippen LogP contribution is -2.57. The number of nitrogens with zero attached hydrogens (tertiary/aromatic N) is 3. The second-order valence-corrected chi connectivity index (χ2v) is 17.5. The van der Waals surface area contributed by atoms with Gasteiger partial charge >= 0.3 is 12.3 Å². The van der Waals surface area contributed by atoms with Crippen LogP contribution in [0.25, 0.3) is 21.0 Å². The normalized spacial score (nSPS) is 21.8. The number of amides is 1. The lowest BCUT2D eigenvalue weighted by Gasteiger charge is -2.33. The minimum absolute atomic E-state index is 0.00171. The summed E-state index contributed by atoms with van der Waals surface area (Å²) in [5.74, 6) is -2.13. The van der Waals surface area contributed by atoms with Crippen molar-refractivity contribution in [3.63, 3.8) is 0 Å². The first-order chi connectivity index (χ1) is 24.5. The lowest BCUT2D eigenvalue weighted by molar-refractivity contribution is -0.126. The SMILES string of the molecule is Cc1c(-c2ncco2)sc2c1c(=O)n(C(C)(C)C(=O)NS(=O)(=O)C1(C)CC1)c(=O)n2C[C@H](O[C@@H]1C[C@H]2CC[C@@H](C1)O2)c1cc(F)ccc1OC(F)F. The van der Waals surface area contributed by atoms with E-state index in [1.54, 1.807) is 6.92 Å². The molecule has 5 heterocycles. The monoisotopic (exact) mass is 766 g/mol. The zero-order valence-electron chi connectivity index (χ0n) is 28.7. The van der Waals surface area contributed by atoms with Crippen LogP contribution in [-0.2, 0) is 36.4 Å². The molecule has 3 aromatic heterocycles. The van der Waals surface area contributed by atoms with Crippen molar-refractivity contribution in [3.8, 4) is 16.5 Å². The van der Waals surface area contributed by atoms with E-state index >= 15 is 0 Å². The first-order valence-electron chi connectivity index (χ1n) is 16.8. The molecule has 18 heteroatoms. The van der Waals surface area contributed by atoms with Gasteiger partial charge in [-0.25, -0.2) is 27.2 Å². The van der Waals surface area contributed by atoms with Crippen molar-refractivity contribution in [2.24, 2.45) is 0 Å². The van der Waals surface area contributed by atoms with Crippen LogP contribution in [0.1, 0.15) is 76.5 Å². The molecule has 4 aromatic rings. The highest BCUT2D eigenvalue weighted by molar-refractivity contribution is 7.91. The van der Waals surface area contributed by atoms with Crippen molar-refractivity contribution in [1.29, 1.82) is 0 Å². The molecular weight excluding hydrogens is 730 g/mol. The Bertz CT molecular complexity index is 2250. The Morgan fingerprint density at radius 2 is 1.88 bits per heavy atom. The van der Waals surface area contributed by atoms with E-state index in [1.807, 2.05) is 0 Å². The van der Waals surface area contributed by atoms with Crippen molar-refractivity contribution in [3.05, 3.63) is 68.4 Å². The number of carbonyl (C=O) groups excluding carboxylic acids is 1. The van der Waals surface area contributed by atoms with E-state index < -0.39 is 68.6 Å². The molecule has 0 unspecified atom stereocenters. The van der Waals surface area contributed by atoms with E-state index in [0.717, 1.165) is 46.9 Å². The number of fused-ring (bicyclic) bond motifs is 3. The maximum atomic E-state index is 14.9. The Hall–Kier alpha value is -4.00. The molecule has 1 aliphatic carbocycles. The van der Waals surface area contributed by atoms with Gasteiger partial charge in [-0.3, -0.25) is 18.9 Å². The van der Waals surface area contributed by atoms with Crippen molar-refractivity contribution in [2.75, 3.05) is 0 Å². The molecule has 52 heavy (non-hydrogen) atoms. The van der Waals surface area contributed by atoms with Crippen molar-refractivity contribution in [1.82, 2.24) is 18.8 Å². The van der Waals surface area contributed by atoms with E-state index in [9.17, 15) is 36.0 Å². The summed E-state index contributed by atoms with van der Waals surface area (Å²) in [6.07, 6.45) is 3.99. The van der Waals surface area contributed by atoms with Gasteiger partial charge in [0.1, 0.15) is 34.3 Å². The summed E-state index contributed by atoms with van der Waals surface area (Å²) in [6, 6.07) is 3.00. The van der Waals surface area contributed by atoms with E-state index in [4.69, 9.17) is 18.6 Å². The summed E-state index contributed by atoms with van der Waals surface area (Å²) >= 11 is 0.994. The summed E-state index contributed by atoms with van der Waals surface area (Å²) < 4.78 is 93.9. The predicted molar refractivity (Wildman–Crippen MR) is 182 cm³/mol. The fraction of sp³-hybridized carbons (Fsp3) is 0.529. The van der Waals surface area contributed by atoms with E-state index in [-0.39, 0.29) is 39.6 Å². The second-order valence-electron chi connectivity index (χ2n) is 14.3. The number of halogens is 3. The first kappa shape index (κ1) is 36.4. The predicted octanol–water partition coefficient (Wildman–Crippen LogP) is 5.13. The molecule has 1 aromatic carbocycles. The molecule has 2 bridgehead atoms. The molecule has 1 saturated carbocycles. The minimum atomic E-state index is -4.17. The third-order valence-electron chi connectivity index (χ3n) is 10.3. The third-order valence-corrected chi connectivity index (χ3v) is 13.7. The van der Waals surface area contributed by atoms with Crippen LogP contribution >= 0.6 is 11.3 Å². The summed E-state index contributed by atoms with van der Waals surface area (Å²) in [7, 11) is -4.17. The van der Waals surface area contributed by atoms with Gasteiger partial charge in [-0.15, -0.1) is 11.3 Å². The highest BCUT2D eigenvalue weighted by atomic mass is 32.2. The maximum absolute atomic E-state index is 14.9. The number of thiophene rings is 1. The Balaban J connectivity index is 1.41. The zero-order valence-corrected chi connectivity index (χ0v) is 30.3. The molecule has 2 aliphatic heterocycles. The maximum Gasteiger partial charge on any atom is 0.387 e. The Kier molecular flexibility index (Phi) is 9.19. The topological polar surface area (TPSA) is 161 Å². The molecule has 13 nitrogen and oxygen atoms in total. The average molecular weight is 767 g/mol. The van der Waals surface area contributed by atoms with Crippen LogP contribution in [0.4, 0.5) is 13.2 Å². The Morgan fingerprint density at radius 3 is 2.50 bits per heavy atom. The summed E-state index contributed by atoms with van der Waals surface area (Å²) in [5, 5.41) is 0.00171. The number of hydrogen-bond donors (Lipinski definition) is 1. The number of nitrogens with one attached hydrogen (secondary N) is 1. The molecule has 1 amide bonds. The van der Waals surface area contributed by atoms with Crippen LogP contribution in [0.2, 0.25) is 0 Å². The number of hydrogen-bond acceptors (Lipinski definition) is 11. The average Bonchev–Trinajstić information content (AvgIpc) is 3.35. The van der Waals surface area contributed by atoms with Crippen LogP contribution < -0.4 is 20.7 Å². The molecule has 280 valence electrons. The molecular formula is C34H37F3N4O9S2. The summed E-state index contributed by atoms with van der Waals surface area (Å²) in [5.41, 5.74) is -3.74. The van der Waals surface area contributed by atoms with Gasteiger partial charge in [0.15, 0.2) is 0 Å². The number of alkyl halides is 2. The van der Waals surface area contributed by atoms with E-state index in [1.165, 1.54) is 33.2 Å². The van der Waals surface area contributed by atoms with E-state index in [2.05, 4.69) is 9.71 Å².